The van der Waals surface area contributed by atoms with Crippen LogP contribution in [-0.4, -0.2) is 0 Å². The molecule has 0 spiro atoms. The summed E-state index contributed by atoms with van der Waals surface area (Å²) in [6.45, 7) is 9.08. The standard InChI is InChI=1S/C16H20/c1-11(2)14-9-5-7-13-8-6-10-15(12(3)4)16(13)14/h5-12H,1-4H3. The van der Waals surface area contributed by atoms with Crippen LogP contribution >= 0.6 is 0 Å². The van der Waals surface area contributed by atoms with Gasteiger partial charge < -0.3 is 0 Å². The van der Waals surface area contributed by atoms with Gasteiger partial charge in [-0.3, -0.25) is 0 Å². The molecule has 16 heavy (non-hydrogen) atoms. The van der Waals surface area contributed by atoms with E-state index in [1.165, 1.54) is 21.9 Å². The Morgan fingerprint density at radius 2 is 1.12 bits per heavy atom. The Balaban J connectivity index is 2.82. The molecule has 0 bridgehead atoms. The molecular formula is C16H20. The molecule has 0 N–H and O–H groups in total. The van der Waals surface area contributed by atoms with Crippen LogP contribution in [0.5, 0.6) is 0 Å². The molecule has 0 aromatic heterocycles. The lowest BCUT2D eigenvalue weighted by atomic mass is 9.89. The maximum atomic E-state index is 2.27. The summed E-state index contributed by atoms with van der Waals surface area (Å²) in [6, 6.07) is 13.3. The van der Waals surface area contributed by atoms with E-state index in [1.807, 2.05) is 0 Å². The van der Waals surface area contributed by atoms with Crippen LogP contribution in [0.25, 0.3) is 10.8 Å². The lowest BCUT2D eigenvalue weighted by molar-refractivity contribution is 0.854. The molecule has 0 aliphatic heterocycles. The second-order valence-corrected chi connectivity index (χ2v) is 5.10. The van der Waals surface area contributed by atoms with Crippen LogP contribution in [0.15, 0.2) is 36.4 Å². The monoisotopic (exact) mass is 212 g/mol. The SMILES string of the molecule is CC(C)c1cccc2cccc(C(C)C)c12. The normalized spacial score (nSPS) is 11.6. The number of hydrogen-bond acceptors (Lipinski definition) is 0. The molecule has 0 aliphatic carbocycles. The van der Waals surface area contributed by atoms with E-state index in [2.05, 4.69) is 64.1 Å². The Kier molecular flexibility index (Phi) is 3.00. The van der Waals surface area contributed by atoms with Gasteiger partial charge in [0.25, 0.3) is 0 Å². The van der Waals surface area contributed by atoms with E-state index in [0.717, 1.165) is 0 Å². The van der Waals surface area contributed by atoms with Crippen molar-refractivity contribution >= 4 is 10.8 Å². The lowest BCUT2D eigenvalue weighted by Crippen LogP contribution is -1.95. The average Bonchev–Trinajstić information content (AvgIpc) is 2.27. The third-order valence-electron chi connectivity index (χ3n) is 3.21. The van der Waals surface area contributed by atoms with Gasteiger partial charge in [-0.25, -0.2) is 0 Å². The first-order valence-electron chi connectivity index (χ1n) is 6.12. The molecule has 0 fully saturated rings. The van der Waals surface area contributed by atoms with Gasteiger partial charge in [-0.15, -0.1) is 0 Å². The summed E-state index contributed by atoms with van der Waals surface area (Å²) < 4.78 is 0. The van der Waals surface area contributed by atoms with E-state index in [-0.39, 0.29) is 0 Å². The quantitative estimate of drug-likeness (QED) is 0.650. The Morgan fingerprint density at radius 3 is 1.50 bits per heavy atom. The minimum absolute atomic E-state index is 0.587. The smallest absolute Gasteiger partial charge is 0.0115 e. The Hall–Kier alpha value is -1.30. The van der Waals surface area contributed by atoms with Crippen molar-refractivity contribution in [2.45, 2.75) is 39.5 Å². The maximum Gasteiger partial charge on any atom is -0.0115 e. The highest BCUT2D eigenvalue weighted by molar-refractivity contribution is 5.89. The Bertz CT molecular complexity index is 450. The highest BCUT2D eigenvalue weighted by atomic mass is 14.1. The van der Waals surface area contributed by atoms with Gasteiger partial charge in [0.05, 0.1) is 0 Å². The molecule has 0 heterocycles. The summed E-state index contributed by atoms with van der Waals surface area (Å²) in [6.07, 6.45) is 0. The summed E-state index contributed by atoms with van der Waals surface area (Å²) in [5, 5.41) is 2.84. The topological polar surface area (TPSA) is 0 Å². The van der Waals surface area contributed by atoms with Crippen molar-refractivity contribution in [3.63, 3.8) is 0 Å². The van der Waals surface area contributed by atoms with Crippen molar-refractivity contribution in [1.29, 1.82) is 0 Å². The van der Waals surface area contributed by atoms with Crippen molar-refractivity contribution < 1.29 is 0 Å². The van der Waals surface area contributed by atoms with Gasteiger partial charge in [-0.05, 0) is 33.7 Å². The van der Waals surface area contributed by atoms with E-state index >= 15 is 0 Å². The van der Waals surface area contributed by atoms with E-state index < -0.39 is 0 Å². The van der Waals surface area contributed by atoms with Gasteiger partial charge in [-0.2, -0.15) is 0 Å². The molecule has 2 aromatic carbocycles. The molecule has 0 amide bonds. The molecular weight excluding hydrogens is 192 g/mol. The van der Waals surface area contributed by atoms with E-state index in [4.69, 9.17) is 0 Å². The van der Waals surface area contributed by atoms with E-state index in [9.17, 15) is 0 Å². The molecule has 2 rings (SSSR count). The van der Waals surface area contributed by atoms with Gasteiger partial charge in [0, 0.05) is 0 Å². The van der Waals surface area contributed by atoms with E-state index in [0.29, 0.717) is 11.8 Å². The molecule has 0 unspecified atom stereocenters. The maximum absolute atomic E-state index is 2.27. The number of benzene rings is 2. The molecule has 84 valence electrons. The third-order valence-corrected chi connectivity index (χ3v) is 3.21. The summed E-state index contributed by atoms with van der Waals surface area (Å²) in [4.78, 5) is 0. The fraction of sp³-hybridized carbons (Fsp3) is 0.375. The van der Waals surface area contributed by atoms with Crippen LogP contribution in [0.4, 0.5) is 0 Å². The van der Waals surface area contributed by atoms with Crippen molar-refractivity contribution in [3.8, 4) is 0 Å². The fourth-order valence-electron chi connectivity index (χ4n) is 2.36. The summed E-state index contributed by atoms with van der Waals surface area (Å²) >= 11 is 0. The molecule has 0 aliphatic rings. The van der Waals surface area contributed by atoms with Crippen LogP contribution in [-0.2, 0) is 0 Å². The van der Waals surface area contributed by atoms with Crippen molar-refractivity contribution in [2.75, 3.05) is 0 Å². The molecule has 0 heteroatoms. The Morgan fingerprint density at radius 1 is 0.688 bits per heavy atom. The lowest BCUT2D eigenvalue weighted by Gasteiger charge is -2.16. The number of hydrogen-bond donors (Lipinski definition) is 0. The number of rotatable bonds is 2. The van der Waals surface area contributed by atoms with Crippen LogP contribution < -0.4 is 0 Å². The third kappa shape index (κ3) is 1.84. The van der Waals surface area contributed by atoms with Crippen molar-refractivity contribution in [1.82, 2.24) is 0 Å². The molecule has 0 saturated heterocycles. The predicted molar refractivity (Wildman–Crippen MR) is 72.1 cm³/mol. The molecule has 2 aromatic rings. The number of fused-ring (bicyclic) bond motifs is 1. The minimum atomic E-state index is 0.587. The largest absolute Gasteiger partial charge is 0.0613 e. The second-order valence-electron chi connectivity index (χ2n) is 5.10. The molecule has 0 saturated carbocycles. The van der Waals surface area contributed by atoms with Crippen LogP contribution in [0.2, 0.25) is 0 Å². The highest BCUT2D eigenvalue weighted by Gasteiger charge is 2.10. The van der Waals surface area contributed by atoms with E-state index in [1.54, 1.807) is 0 Å². The van der Waals surface area contributed by atoms with Gasteiger partial charge in [0.2, 0.25) is 0 Å². The molecule has 0 nitrogen and oxygen atoms in total. The summed E-state index contributed by atoms with van der Waals surface area (Å²) in [7, 11) is 0. The zero-order valence-corrected chi connectivity index (χ0v) is 10.6. The first-order valence-corrected chi connectivity index (χ1v) is 6.12. The van der Waals surface area contributed by atoms with Crippen LogP contribution in [0.3, 0.4) is 0 Å². The zero-order valence-electron chi connectivity index (χ0n) is 10.6. The van der Waals surface area contributed by atoms with Gasteiger partial charge in [-0.1, -0.05) is 64.1 Å². The highest BCUT2D eigenvalue weighted by Crippen LogP contribution is 2.31. The second kappa shape index (κ2) is 4.29. The van der Waals surface area contributed by atoms with Crippen LogP contribution in [0, 0.1) is 0 Å². The average molecular weight is 212 g/mol. The first kappa shape index (κ1) is 11.2. The molecule has 0 radical (unpaired) electrons. The minimum Gasteiger partial charge on any atom is -0.0613 e. The zero-order chi connectivity index (χ0) is 11.7. The summed E-state index contributed by atoms with van der Waals surface area (Å²) in [5.41, 5.74) is 2.95. The predicted octanol–water partition coefficient (Wildman–Crippen LogP) is 5.09. The molecule has 0 atom stereocenters. The Labute approximate surface area is 98.3 Å². The van der Waals surface area contributed by atoms with Gasteiger partial charge in [0.15, 0.2) is 0 Å². The van der Waals surface area contributed by atoms with Crippen molar-refractivity contribution in [2.24, 2.45) is 0 Å². The van der Waals surface area contributed by atoms with Crippen molar-refractivity contribution in [3.05, 3.63) is 47.5 Å². The van der Waals surface area contributed by atoms with Gasteiger partial charge >= 0.3 is 0 Å². The first-order chi connectivity index (χ1) is 7.61. The van der Waals surface area contributed by atoms with Gasteiger partial charge in [0.1, 0.15) is 0 Å². The fourth-order valence-corrected chi connectivity index (χ4v) is 2.36. The summed E-state index contributed by atoms with van der Waals surface area (Å²) in [5.74, 6) is 1.17. The van der Waals surface area contributed by atoms with Crippen LogP contribution in [0.1, 0.15) is 50.7 Å².